The Kier molecular flexibility index (Phi) is 5.03. The van der Waals surface area contributed by atoms with Crippen LogP contribution in [0, 0.1) is 0 Å². The highest BCUT2D eigenvalue weighted by molar-refractivity contribution is 7.92. The van der Waals surface area contributed by atoms with Gasteiger partial charge in [0.1, 0.15) is 5.75 Å². The van der Waals surface area contributed by atoms with Gasteiger partial charge < -0.3 is 4.74 Å². The number of hydrogen-bond donors (Lipinski definition) is 0. The summed E-state index contributed by atoms with van der Waals surface area (Å²) in [5.41, 5.74) is 0.464. The number of sulfone groups is 1. The Bertz CT molecular complexity index is 519. The van der Waals surface area contributed by atoms with E-state index in [0.717, 1.165) is 7.11 Å². The van der Waals surface area contributed by atoms with Crippen LogP contribution in [0.1, 0.15) is 16.8 Å². The summed E-state index contributed by atoms with van der Waals surface area (Å²) < 4.78 is 27.2. The van der Waals surface area contributed by atoms with Gasteiger partial charge in [0.2, 0.25) is 0 Å². The van der Waals surface area contributed by atoms with Gasteiger partial charge in [0.05, 0.1) is 12.9 Å². The molecule has 0 spiro atoms. The van der Waals surface area contributed by atoms with Gasteiger partial charge in [0.25, 0.3) is 0 Å². The standard InChI is InChI=1S/C12H14O5S/c1-17-12(14)9-18(15,16)8-7-11(13)10-5-3-2-4-6-10/h2-6H,7-9H2,1H3. The average Bonchev–Trinajstić information content (AvgIpc) is 2.36. The molecule has 98 valence electrons. The first-order chi connectivity index (χ1) is 8.44. The summed E-state index contributed by atoms with van der Waals surface area (Å²) in [5, 5.41) is 0. The van der Waals surface area contributed by atoms with Crippen molar-refractivity contribution in [2.24, 2.45) is 0 Å². The fourth-order valence-electron chi connectivity index (χ4n) is 1.33. The SMILES string of the molecule is COC(=O)CS(=O)(=O)CCC(=O)c1ccccc1. The highest BCUT2D eigenvalue weighted by atomic mass is 32.2. The zero-order chi connectivity index (χ0) is 13.6. The number of ether oxygens (including phenoxy) is 1. The second-order valence-corrected chi connectivity index (χ2v) is 5.89. The number of esters is 1. The van der Waals surface area contributed by atoms with Gasteiger partial charge in [0, 0.05) is 12.0 Å². The van der Waals surface area contributed by atoms with Crippen molar-refractivity contribution in [1.29, 1.82) is 0 Å². The van der Waals surface area contributed by atoms with Crippen molar-refractivity contribution < 1.29 is 22.7 Å². The Balaban J connectivity index is 2.56. The molecule has 0 heterocycles. The number of rotatable bonds is 6. The van der Waals surface area contributed by atoms with E-state index in [1.54, 1.807) is 30.3 Å². The average molecular weight is 270 g/mol. The Morgan fingerprint density at radius 2 is 1.78 bits per heavy atom. The monoisotopic (exact) mass is 270 g/mol. The molecular weight excluding hydrogens is 256 g/mol. The van der Waals surface area contributed by atoms with Crippen LogP contribution in [0.2, 0.25) is 0 Å². The van der Waals surface area contributed by atoms with Crippen LogP contribution in [0.3, 0.4) is 0 Å². The number of carbonyl (C=O) groups is 2. The van der Waals surface area contributed by atoms with Crippen LogP contribution in [-0.2, 0) is 19.4 Å². The fraction of sp³-hybridized carbons (Fsp3) is 0.333. The van der Waals surface area contributed by atoms with Gasteiger partial charge in [-0.2, -0.15) is 0 Å². The first-order valence-corrected chi connectivity index (χ1v) is 7.12. The summed E-state index contributed by atoms with van der Waals surface area (Å²) in [6, 6.07) is 8.42. The topological polar surface area (TPSA) is 77.5 Å². The number of carbonyl (C=O) groups excluding carboxylic acids is 2. The third-order valence-corrected chi connectivity index (χ3v) is 3.80. The van der Waals surface area contributed by atoms with Crippen molar-refractivity contribution in [2.45, 2.75) is 6.42 Å². The molecule has 6 heteroatoms. The molecule has 5 nitrogen and oxygen atoms in total. The predicted molar refractivity (Wildman–Crippen MR) is 66.1 cm³/mol. The van der Waals surface area contributed by atoms with Crippen LogP contribution in [-0.4, -0.2) is 38.8 Å². The van der Waals surface area contributed by atoms with Gasteiger partial charge in [-0.05, 0) is 0 Å². The van der Waals surface area contributed by atoms with Crippen molar-refractivity contribution in [3.63, 3.8) is 0 Å². The Morgan fingerprint density at radius 3 is 2.33 bits per heavy atom. The molecule has 1 aromatic carbocycles. The largest absolute Gasteiger partial charge is 0.468 e. The Labute approximate surface area is 106 Å². The number of Topliss-reactive ketones (excluding diaryl/α,β-unsaturated/α-hetero) is 1. The van der Waals surface area contributed by atoms with E-state index in [0.29, 0.717) is 5.56 Å². The van der Waals surface area contributed by atoms with Crippen molar-refractivity contribution in [3.8, 4) is 0 Å². The number of benzene rings is 1. The van der Waals surface area contributed by atoms with Gasteiger partial charge >= 0.3 is 5.97 Å². The summed E-state index contributed by atoms with van der Waals surface area (Å²) in [7, 11) is -2.47. The molecule has 0 bridgehead atoms. The van der Waals surface area contributed by atoms with E-state index >= 15 is 0 Å². The lowest BCUT2D eigenvalue weighted by Crippen LogP contribution is -2.21. The van der Waals surface area contributed by atoms with E-state index in [1.165, 1.54) is 0 Å². The van der Waals surface area contributed by atoms with Gasteiger partial charge in [-0.1, -0.05) is 30.3 Å². The molecule has 0 aliphatic heterocycles. The van der Waals surface area contributed by atoms with Crippen molar-refractivity contribution >= 4 is 21.6 Å². The lowest BCUT2D eigenvalue weighted by molar-refractivity contribution is -0.137. The van der Waals surface area contributed by atoms with Crippen LogP contribution < -0.4 is 0 Å². The zero-order valence-electron chi connectivity index (χ0n) is 9.96. The maximum Gasteiger partial charge on any atom is 0.320 e. The van der Waals surface area contributed by atoms with Crippen LogP contribution in [0.15, 0.2) is 30.3 Å². The van der Waals surface area contributed by atoms with E-state index in [-0.39, 0.29) is 18.0 Å². The first kappa shape index (κ1) is 14.4. The molecule has 0 aliphatic rings. The predicted octanol–water partition coefficient (Wildman–Crippen LogP) is 0.847. The van der Waals surface area contributed by atoms with Crippen molar-refractivity contribution in [3.05, 3.63) is 35.9 Å². The molecule has 0 saturated carbocycles. The highest BCUT2D eigenvalue weighted by Gasteiger charge is 2.19. The van der Waals surface area contributed by atoms with Gasteiger partial charge in [-0.25, -0.2) is 8.42 Å². The van der Waals surface area contributed by atoms with E-state index < -0.39 is 21.6 Å². The number of methoxy groups -OCH3 is 1. The Morgan fingerprint density at radius 1 is 1.17 bits per heavy atom. The summed E-state index contributed by atoms with van der Waals surface area (Å²) in [4.78, 5) is 22.5. The van der Waals surface area contributed by atoms with Crippen LogP contribution in [0.5, 0.6) is 0 Å². The smallest absolute Gasteiger partial charge is 0.320 e. The Hall–Kier alpha value is -1.69. The number of ketones is 1. The molecular formula is C12H14O5S. The van der Waals surface area contributed by atoms with Crippen LogP contribution in [0.25, 0.3) is 0 Å². The molecule has 0 atom stereocenters. The third-order valence-electron chi connectivity index (χ3n) is 2.30. The second-order valence-electron chi connectivity index (χ2n) is 3.71. The van der Waals surface area contributed by atoms with Gasteiger partial charge in [0.15, 0.2) is 15.6 Å². The maximum absolute atomic E-state index is 11.7. The maximum atomic E-state index is 11.7. The third kappa shape index (κ3) is 4.67. The molecule has 1 aromatic rings. The van der Waals surface area contributed by atoms with Crippen molar-refractivity contribution in [2.75, 3.05) is 18.6 Å². The molecule has 0 unspecified atom stereocenters. The number of hydrogen-bond acceptors (Lipinski definition) is 5. The minimum atomic E-state index is -3.59. The van der Waals surface area contributed by atoms with Crippen LogP contribution in [0.4, 0.5) is 0 Å². The van der Waals surface area contributed by atoms with E-state index in [9.17, 15) is 18.0 Å². The van der Waals surface area contributed by atoms with E-state index in [4.69, 9.17) is 0 Å². The lowest BCUT2D eigenvalue weighted by atomic mass is 10.1. The summed E-state index contributed by atoms with van der Waals surface area (Å²) >= 11 is 0. The minimum Gasteiger partial charge on any atom is -0.468 e. The molecule has 0 aromatic heterocycles. The summed E-state index contributed by atoms with van der Waals surface area (Å²) in [6.07, 6.45) is -0.136. The normalized spacial score (nSPS) is 10.9. The quantitative estimate of drug-likeness (QED) is 0.565. The fourth-order valence-corrected chi connectivity index (χ4v) is 2.44. The molecule has 18 heavy (non-hydrogen) atoms. The van der Waals surface area contributed by atoms with Gasteiger partial charge in [-0.3, -0.25) is 9.59 Å². The van der Waals surface area contributed by atoms with Gasteiger partial charge in [-0.15, -0.1) is 0 Å². The second kappa shape index (κ2) is 6.30. The minimum absolute atomic E-state index is 0.136. The molecule has 0 amide bonds. The highest BCUT2D eigenvalue weighted by Crippen LogP contribution is 2.05. The molecule has 0 aliphatic carbocycles. The zero-order valence-corrected chi connectivity index (χ0v) is 10.8. The van der Waals surface area contributed by atoms with E-state index in [2.05, 4.69) is 4.74 Å². The molecule has 1 rings (SSSR count). The summed E-state index contributed by atoms with van der Waals surface area (Å²) in [5.74, 6) is -2.12. The lowest BCUT2D eigenvalue weighted by Gasteiger charge is -2.03. The summed E-state index contributed by atoms with van der Waals surface area (Å²) in [6.45, 7) is 0. The molecule has 0 N–H and O–H groups in total. The molecule has 0 radical (unpaired) electrons. The van der Waals surface area contributed by atoms with Crippen LogP contribution >= 0.6 is 0 Å². The van der Waals surface area contributed by atoms with E-state index in [1.807, 2.05) is 0 Å². The molecule has 0 fully saturated rings. The first-order valence-electron chi connectivity index (χ1n) is 5.30. The van der Waals surface area contributed by atoms with Crippen molar-refractivity contribution in [1.82, 2.24) is 0 Å². The molecule has 0 saturated heterocycles.